The van der Waals surface area contributed by atoms with E-state index in [1.54, 1.807) is 0 Å². The number of hydrogen-bond donors (Lipinski definition) is 0. The van der Waals surface area contributed by atoms with E-state index in [-0.39, 0.29) is 17.3 Å². The molecule has 0 spiro atoms. The van der Waals surface area contributed by atoms with Crippen LogP contribution in [0.3, 0.4) is 0 Å². The zero-order valence-electron chi connectivity index (χ0n) is 9.88. The molecule has 1 aromatic heterocycles. The minimum atomic E-state index is -3.06. The summed E-state index contributed by atoms with van der Waals surface area (Å²) in [5.74, 6) is -0.350. The van der Waals surface area contributed by atoms with Gasteiger partial charge in [0.15, 0.2) is 9.84 Å². The fraction of sp³-hybridized carbons (Fsp3) is 0.455. The second-order valence-corrected chi connectivity index (χ2v) is 7.47. The summed E-state index contributed by atoms with van der Waals surface area (Å²) >= 11 is 5.66. The van der Waals surface area contributed by atoms with Gasteiger partial charge in [0.25, 0.3) is 0 Å². The van der Waals surface area contributed by atoms with Gasteiger partial charge < -0.3 is 0 Å². The van der Waals surface area contributed by atoms with Gasteiger partial charge >= 0.3 is 0 Å². The molecule has 8 heteroatoms. The lowest BCUT2D eigenvalue weighted by Gasteiger charge is -2.09. The van der Waals surface area contributed by atoms with Gasteiger partial charge in [-0.1, -0.05) is 16.8 Å². The maximum Gasteiger partial charge on any atom is 0.154 e. The molecular weight excluding hydrogens is 293 g/mol. The van der Waals surface area contributed by atoms with Crippen LogP contribution in [-0.4, -0.2) is 34.4 Å². The van der Waals surface area contributed by atoms with Crippen molar-refractivity contribution in [2.24, 2.45) is 0 Å². The molecule has 1 fully saturated rings. The summed E-state index contributed by atoms with van der Waals surface area (Å²) < 4.78 is 38.5. The van der Waals surface area contributed by atoms with Gasteiger partial charge in [0.05, 0.1) is 28.1 Å². The molecule has 5 nitrogen and oxygen atoms in total. The van der Waals surface area contributed by atoms with Gasteiger partial charge in [0.1, 0.15) is 11.3 Å². The number of halogens is 2. The van der Waals surface area contributed by atoms with Crippen LogP contribution in [0.25, 0.3) is 11.0 Å². The predicted octanol–water partition coefficient (Wildman–Crippen LogP) is 1.80. The summed E-state index contributed by atoms with van der Waals surface area (Å²) in [6.45, 7) is 0.208. The number of aromatic nitrogens is 3. The van der Waals surface area contributed by atoms with Crippen molar-refractivity contribution in [3.63, 3.8) is 0 Å². The van der Waals surface area contributed by atoms with Crippen LogP contribution in [0.1, 0.15) is 12.8 Å². The lowest BCUT2D eigenvalue weighted by molar-refractivity contribution is 0.540. The first kappa shape index (κ1) is 12.8. The monoisotopic (exact) mass is 303 g/mol. The van der Waals surface area contributed by atoms with Crippen LogP contribution in [0.4, 0.5) is 4.39 Å². The van der Waals surface area contributed by atoms with Crippen molar-refractivity contribution in [1.29, 1.82) is 0 Å². The van der Waals surface area contributed by atoms with E-state index in [0.717, 1.165) is 0 Å². The zero-order chi connectivity index (χ0) is 13.6. The molecule has 0 amide bonds. The van der Waals surface area contributed by atoms with Crippen LogP contribution < -0.4 is 0 Å². The summed E-state index contributed by atoms with van der Waals surface area (Å²) in [6, 6.07) is 2.62. The first-order valence-electron chi connectivity index (χ1n) is 5.87. The first-order chi connectivity index (χ1) is 8.97. The van der Waals surface area contributed by atoms with Gasteiger partial charge in [-0.15, -0.1) is 5.10 Å². The normalized spacial score (nSPS) is 22.1. The van der Waals surface area contributed by atoms with Crippen molar-refractivity contribution < 1.29 is 12.8 Å². The highest BCUT2D eigenvalue weighted by molar-refractivity contribution is 7.92. The van der Waals surface area contributed by atoms with Gasteiger partial charge in [-0.25, -0.2) is 17.5 Å². The molecule has 1 atom stereocenters. The number of sulfone groups is 1. The molecule has 1 saturated heterocycles. The minimum Gasteiger partial charge on any atom is -0.243 e. The molecule has 19 heavy (non-hydrogen) atoms. The van der Waals surface area contributed by atoms with E-state index in [1.807, 2.05) is 0 Å². The summed E-state index contributed by atoms with van der Waals surface area (Å²) in [6.07, 6.45) is 1.28. The van der Waals surface area contributed by atoms with E-state index in [1.165, 1.54) is 16.8 Å². The molecule has 102 valence electrons. The van der Waals surface area contributed by atoms with Crippen molar-refractivity contribution >= 4 is 32.5 Å². The average molecular weight is 304 g/mol. The number of nitrogens with zero attached hydrogens (tertiary/aromatic N) is 3. The Kier molecular flexibility index (Phi) is 2.98. The molecule has 0 radical (unpaired) electrons. The summed E-state index contributed by atoms with van der Waals surface area (Å²) in [5.41, 5.74) is 0.922. The third-order valence-corrected chi connectivity index (χ3v) is 5.94. The first-order valence-corrected chi connectivity index (χ1v) is 7.96. The van der Waals surface area contributed by atoms with Crippen LogP contribution in [-0.2, 0) is 16.4 Å². The van der Waals surface area contributed by atoms with E-state index in [2.05, 4.69) is 10.3 Å². The second kappa shape index (κ2) is 4.42. The fourth-order valence-corrected chi connectivity index (χ4v) is 4.31. The highest BCUT2D eigenvalue weighted by Crippen LogP contribution is 2.25. The van der Waals surface area contributed by atoms with E-state index in [9.17, 15) is 12.8 Å². The van der Waals surface area contributed by atoms with E-state index < -0.39 is 20.9 Å². The Morgan fingerprint density at radius 2 is 2.26 bits per heavy atom. The van der Waals surface area contributed by atoms with Crippen molar-refractivity contribution in [2.45, 2.75) is 24.6 Å². The zero-order valence-corrected chi connectivity index (χ0v) is 11.5. The van der Waals surface area contributed by atoms with Gasteiger partial charge in [0.2, 0.25) is 0 Å². The van der Waals surface area contributed by atoms with Crippen molar-refractivity contribution in [2.75, 3.05) is 5.75 Å². The van der Waals surface area contributed by atoms with Gasteiger partial charge in [-0.05, 0) is 18.9 Å². The molecule has 3 rings (SSSR count). The summed E-state index contributed by atoms with van der Waals surface area (Å²) in [5, 5.41) is 7.28. The van der Waals surface area contributed by atoms with Crippen LogP contribution in [0.2, 0.25) is 5.02 Å². The molecule has 0 bridgehead atoms. The number of fused-ring (bicyclic) bond motifs is 1. The fourth-order valence-electron chi connectivity index (χ4n) is 2.35. The topological polar surface area (TPSA) is 64.8 Å². The van der Waals surface area contributed by atoms with Crippen LogP contribution in [0, 0.1) is 5.82 Å². The third kappa shape index (κ3) is 2.21. The molecular formula is C11H11ClFN3O2S. The second-order valence-electron chi connectivity index (χ2n) is 4.66. The molecule has 1 unspecified atom stereocenters. The number of rotatable bonds is 2. The van der Waals surface area contributed by atoms with Crippen molar-refractivity contribution in [3.05, 3.63) is 23.0 Å². The average Bonchev–Trinajstić information content (AvgIpc) is 2.86. The van der Waals surface area contributed by atoms with Crippen molar-refractivity contribution in [3.8, 4) is 0 Å². The van der Waals surface area contributed by atoms with E-state index >= 15 is 0 Å². The van der Waals surface area contributed by atoms with E-state index in [4.69, 9.17) is 11.6 Å². The smallest absolute Gasteiger partial charge is 0.154 e. The summed E-state index contributed by atoms with van der Waals surface area (Å²) in [4.78, 5) is 0. The van der Waals surface area contributed by atoms with Crippen LogP contribution in [0.15, 0.2) is 12.1 Å². The van der Waals surface area contributed by atoms with Gasteiger partial charge in [0, 0.05) is 6.07 Å². The molecule has 0 saturated carbocycles. The Morgan fingerprint density at radius 1 is 1.47 bits per heavy atom. The highest BCUT2D eigenvalue weighted by Gasteiger charge is 2.32. The molecule has 1 aliphatic heterocycles. The summed E-state index contributed by atoms with van der Waals surface area (Å²) in [7, 11) is -3.06. The number of benzene rings is 1. The Hall–Kier alpha value is -1.21. The molecule has 2 aromatic rings. The van der Waals surface area contributed by atoms with Gasteiger partial charge in [-0.3, -0.25) is 0 Å². The Bertz CT molecular complexity index is 744. The van der Waals surface area contributed by atoms with Crippen LogP contribution in [0.5, 0.6) is 0 Å². The van der Waals surface area contributed by atoms with Crippen molar-refractivity contribution in [1.82, 2.24) is 15.0 Å². The highest BCUT2D eigenvalue weighted by atomic mass is 35.5. The van der Waals surface area contributed by atoms with Gasteiger partial charge in [-0.2, -0.15) is 0 Å². The lowest BCUT2D eigenvalue weighted by Crippen LogP contribution is -2.22. The quantitative estimate of drug-likeness (QED) is 0.848. The Labute approximate surface area is 114 Å². The predicted molar refractivity (Wildman–Crippen MR) is 69.3 cm³/mol. The SMILES string of the molecule is O=S1(=O)CCCC1Cn1nnc2cc(Cl)c(F)cc21. The van der Waals surface area contributed by atoms with Crippen LogP contribution >= 0.6 is 11.6 Å². The lowest BCUT2D eigenvalue weighted by atomic mass is 10.2. The molecule has 0 N–H and O–H groups in total. The minimum absolute atomic E-state index is 0.0203. The Morgan fingerprint density at radius 3 is 2.95 bits per heavy atom. The molecule has 1 aromatic carbocycles. The number of hydrogen-bond acceptors (Lipinski definition) is 4. The molecule has 1 aliphatic rings. The van der Waals surface area contributed by atoms with E-state index in [0.29, 0.717) is 23.9 Å². The maximum absolute atomic E-state index is 13.5. The third-order valence-electron chi connectivity index (χ3n) is 3.40. The standard InChI is InChI=1S/C11H11ClFN3O2S/c12-8-4-10-11(5-9(8)13)16(15-14-10)6-7-2-1-3-19(7,17)18/h4-5,7H,1-3,6H2. The Balaban J connectivity index is 2.00. The largest absolute Gasteiger partial charge is 0.243 e. The maximum atomic E-state index is 13.5. The molecule has 0 aliphatic carbocycles. The molecule has 2 heterocycles.